The second-order valence-corrected chi connectivity index (χ2v) is 8.23. The van der Waals surface area contributed by atoms with Gasteiger partial charge in [0.2, 0.25) is 10.0 Å². The minimum atomic E-state index is -3.30. The smallest absolute Gasteiger partial charge is 0.261 e. The Morgan fingerprint density at radius 3 is 2.29 bits per heavy atom. The van der Waals surface area contributed by atoms with Crippen LogP contribution in [0.3, 0.4) is 0 Å². The number of carbonyl (C=O) groups excluding carboxylic acids is 1. The van der Waals surface area contributed by atoms with Crippen molar-refractivity contribution in [2.75, 3.05) is 24.2 Å². The van der Waals surface area contributed by atoms with Crippen molar-refractivity contribution in [1.29, 1.82) is 0 Å². The lowest BCUT2D eigenvalue weighted by atomic mass is 10.1. The normalized spacial score (nSPS) is 12.8. The quantitative estimate of drug-likeness (QED) is 0.737. The molecule has 0 aromatic heterocycles. The molecule has 1 aromatic carbocycles. The zero-order valence-corrected chi connectivity index (χ0v) is 15.9. The van der Waals surface area contributed by atoms with Gasteiger partial charge in [-0.2, -0.15) is 0 Å². The van der Waals surface area contributed by atoms with E-state index in [9.17, 15) is 13.2 Å². The summed E-state index contributed by atoms with van der Waals surface area (Å²) in [6, 6.07) is 6.64. The van der Waals surface area contributed by atoms with Crippen molar-refractivity contribution in [2.45, 2.75) is 39.7 Å². The van der Waals surface area contributed by atoms with Gasteiger partial charge in [0.15, 0.2) is 6.10 Å². The molecule has 1 unspecified atom stereocenters. The largest absolute Gasteiger partial charge is 0.481 e. The van der Waals surface area contributed by atoms with Crippen LogP contribution >= 0.6 is 0 Å². The Morgan fingerprint density at radius 2 is 1.83 bits per heavy atom. The van der Waals surface area contributed by atoms with Gasteiger partial charge in [0.25, 0.3) is 5.91 Å². The number of amides is 1. The van der Waals surface area contributed by atoms with Gasteiger partial charge >= 0.3 is 0 Å². The van der Waals surface area contributed by atoms with Crippen molar-refractivity contribution in [3.05, 3.63) is 24.3 Å². The number of benzene rings is 1. The third-order valence-electron chi connectivity index (χ3n) is 3.66. The summed E-state index contributed by atoms with van der Waals surface area (Å²) in [7, 11) is -1.81. The molecule has 0 bridgehead atoms. The van der Waals surface area contributed by atoms with Crippen LogP contribution < -0.4 is 14.4 Å². The average Bonchev–Trinajstić information content (AvgIpc) is 2.51. The van der Waals surface area contributed by atoms with Gasteiger partial charge in [-0.05, 0) is 43.0 Å². The number of ether oxygens (including phenoxy) is 1. The topological polar surface area (TPSA) is 75.7 Å². The van der Waals surface area contributed by atoms with E-state index in [2.05, 4.69) is 19.2 Å². The summed E-state index contributed by atoms with van der Waals surface area (Å²) in [5.41, 5.74) is 0.541. The summed E-state index contributed by atoms with van der Waals surface area (Å²) in [5, 5.41) is 2.88. The Balaban J connectivity index is 2.68. The minimum Gasteiger partial charge on any atom is -0.481 e. The Hall–Kier alpha value is -1.76. The summed E-state index contributed by atoms with van der Waals surface area (Å²) in [6.45, 7) is 6.73. The zero-order chi connectivity index (χ0) is 18.3. The summed E-state index contributed by atoms with van der Waals surface area (Å²) in [5.74, 6) is 0.938. The predicted octanol–water partition coefficient (Wildman–Crippen LogP) is 2.40. The third kappa shape index (κ3) is 6.39. The van der Waals surface area contributed by atoms with E-state index in [-0.39, 0.29) is 5.91 Å². The molecule has 24 heavy (non-hydrogen) atoms. The fraction of sp³-hybridized carbons (Fsp3) is 0.588. The molecule has 6 nitrogen and oxygen atoms in total. The maximum Gasteiger partial charge on any atom is 0.261 e. The van der Waals surface area contributed by atoms with Gasteiger partial charge in [-0.15, -0.1) is 0 Å². The highest BCUT2D eigenvalue weighted by atomic mass is 32.2. The molecule has 1 atom stereocenters. The second-order valence-electron chi connectivity index (χ2n) is 6.21. The van der Waals surface area contributed by atoms with E-state index in [1.807, 2.05) is 6.92 Å². The number of sulfonamides is 1. The van der Waals surface area contributed by atoms with E-state index in [0.717, 1.165) is 12.7 Å². The molecule has 0 heterocycles. The highest BCUT2D eigenvalue weighted by Gasteiger charge is 2.18. The number of rotatable bonds is 9. The fourth-order valence-electron chi connectivity index (χ4n) is 2.01. The molecular weight excluding hydrogens is 328 g/mol. The summed E-state index contributed by atoms with van der Waals surface area (Å²) in [4.78, 5) is 12.1. The van der Waals surface area contributed by atoms with Crippen LogP contribution in [0.4, 0.5) is 5.69 Å². The monoisotopic (exact) mass is 356 g/mol. The van der Waals surface area contributed by atoms with Gasteiger partial charge in [0, 0.05) is 13.6 Å². The Labute approximate surface area is 145 Å². The molecule has 0 saturated carbocycles. The predicted molar refractivity (Wildman–Crippen MR) is 96.9 cm³/mol. The molecule has 1 N–H and O–H groups in total. The average molecular weight is 356 g/mol. The highest BCUT2D eigenvalue weighted by Crippen LogP contribution is 2.21. The molecule has 0 radical (unpaired) electrons. The summed E-state index contributed by atoms with van der Waals surface area (Å²) < 4.78 is 30.0. The molecule has 0 aliphatic rings. The van der Waals surface area contributed by atoms with E-state index < -0.39 is 16.1 Å². The molecule has 0 aliphatic heterocycles. The number of nitrogens with zero attached hydrogens (tertiary/aromatic N) is 1. The first kappa shape index (κ1) is 20.3. The van der Waals surface area contributed by atoms with Crippen LogP contribution in [0.25, 0.3) is 0 Å². The Kier molecular flexibility index (Phi) is 7.54. The van der Waals surface area contributed by atoms with Gasteiger partial charge in [0.1, 0.15) is 5.75 Å². The molecule has 0 aliphatic carbocycles. The molecule has 0 saturated heterocycles. The number of carbonyl (C=O) groups is 1. The highest BCUT2D eigenvalue weighted by molar-refractivity contribution is 7.92. The lowest BCUT2D eigenvalue weighted by Gasteiger charge is -2.19. The second kappa shape index (κ2) is 8.92. The Bertz CT molecular complexity index is 626. The van der Waals surface area contributed by atoms with Crippen molar-refractivity contribution in [3.63, 3.8) is 0 Å². The number of anilines is 1. The van der Waals surface area contributed by atoms with E-state index in [0.29, 0.717) is 30.3 Å². The van der Waals surface area contributed by atoms with Crippen LogP contribution in [-0.2, 0) is 14.8 Å². The fourth-order valence-corrected chi connectivity index (χ4v) is 2.52. The van der Waals surface area contributed by atoms with Gasteiger partial charge in [-0.25, -0.2) is 8.42 Å². The zero-order valence-electron chi connectivity index (χ0n) is 15.1. The first-order valence-corrected chi connectivity index (χ1v) is 9.98. The molecule has 1 amide bonds. The van der Waals surface area contributed by atoms with E-state index in [1.54, 1.807) is 24.3 Å². The van der Waals surface area contributed by atoms with Gasteiger partial charge < -0.3 is 10.1 Å². The van der Waals surface area contributed by atoms with Crippen LogP contribution in [0, 0.1) is 5.92 Å². The van der Waals surface area contributed by atoms with E-state index in [4.69, 9.17) is 4.74 Å². The summed E-state index contributed by atoms with van der Waals surface area (Å²) in [6.07, 6.45) is 2.06. The molecule has 136 valence electrons. The van der Waals surface area contributed by atoms with Crippen LogP contribution in [0.15, 0.2) is 24.3 Å². The lowest BCUT2D eigenvalue weighted by Crippen LogP contribution is -2.38. The molecule has 0 spiro atoms. The van der Waals surface area contributed by atoms with Gasteiger partial charge in [-0.1, -0.05) is 20.8 Å². The number of nitrogens with one attached hydrogen (secondary N) is 1. The van der Waals surface area contributed by atoms with Crippen molar-refractivity contribution < 1.29 is 17.9 Å². The van der Waals surface area contributed by atoms with Gasteiger partial charge in [-0.3, -0.25) is 9.10 Å². The maximum atomic E-state index is 12.1. The molecule has 1 aromatic rings. The molecular formula is C17H28N2O4S. The maximum absolute atomic E-state index is 12.1. The number of hydrogen-bond donors (Lipinski definition) is 1. The van der Waals surface area contributed by atoms with Crippen molar-refractivity contribution in [2.24, 2.45) is 5.92 Å². The molecule has 7 heteroatoms. The molecule has 1 rings (SSSR count). The third-order valence-corrected chi connectivity index (χ3v) is 4.87. The first-order chi connectivity index (χ1) is 11.1. The van der Waals surface area contributed by atoms with E-state index >= 15 is 0 Å². The van der Waals surface area contributed by atoms with Crippen LogP contribution in [0.2, 0.25) is 0 Å². The summed E-state index contributed by atoms with van der Waals surface area (Å²) >= 11 is 0. The van der Waals surface area contributed by atoms with Crippen LogP contribution in [0.1, 0.15) is 33.6 Å². The standard InChI is InChI=1S/C17H28N2O4S/c1-6-16(17(20)18-12-11-13(2)3)23-15-9-7-14(8-10-15)19(4)24(5,21)22/h7-10,13,16H,6,11-12H2,1-5H3,(H,18,20). The SMILES string of the molecule is CCC(Oc1ccc(N(C)S(C)(=O)=O)cc1)C(=O)NCCC(C)C. The van der Waals surface area contributed by atoms with Crippen molar-refractivity contribution in [1.82, 2.24) is 5.32 Å². The minimum absolute atomic E-state index is 0.129. The van der Waals surface area contributed by atoms with E-state index in [1.165, 1.54) is 11.4 Å². The Morgan fingerprint density at radius 1 is 1.25 bits per heavy atom. The van der Waals surface area contributed by atoms with Crippen molar-refractivity contribution >= 4 is 21.6 Å². The molecule has 0 fully saturated rings. The number of hydrogen-bond acceptors (Lipinski definition) is 4. The van der Waals surface area contributed by atoms with Crippen LogP contribution in [0.5, 0.6) is 5.75 Å². The van der Waals surface area contributed by atoms with Crippen LogP contribution in [-0.4, -0.2) is 40.3 Å². The van der Waals surface area contributed by atoms with Crippen molar-refractivity contribution in [3.8, 4) is 5.75 Å². The first-order valence-electron chi connectivity index (χ1n) is 8.13. The lowest BCUT2D eigenvalue weighted by molar-refractivity contribution is -0.128. The van der Waals surface area contributed by atoms with Gasteiger partial charge in [0.05, 0.1) is 11.9 Å².